The van der Waals surface area contributed by atoms with Gasteiger partial charge in [-0.05, 0) is 49.4 Å². The van der Waals surface area contributed by atoms with Gasteiger partial charge in [-0.2, -0.15) is 0 Å². The van der Waals surface area contributed by atoms with Gasteiger partial charge in [0.25, 0.3) is 0 Å². The third-order valence-corrected chi connectivity index (χ3v) is 12.3. The molecule has 5 atom stereocenters. The van der Waals surface area contributed by atoms with Gasteiger partial charge in [-0.15, -0.1) is 0 Å². The first-order chi connectivity index (χ1) is 15.4. The summed E-state index contributed by atoms with van der Waals surface area (Å²) in [5, 5.41) is 9.02. The van der Waals surface area contributed by atoms with Gasteiger partial charge in [0, 0.05) is 6.42 Å². The minimum absolute atomic E-state index is 0.0120. The molecule has 1 aliphatic carbocycles. The van der Waals surface area contributed by atoms with Gasteiger partial charge < -0.3 is 14.3 Å². The average Bonchev–Trinajstić information content (AvgIpc) is 3.46. The SMILES string of the molecule is CCCCCCCC[C@H]1O[C@@H]1C(O[Si](CC)(CC)CC)C1C(=O)C=C[C@@H]1CCCC(=O)O. The zero-order valence-electron chi connectivity index (χ0n) is 20.8. The van der Waals surface area contributed by atoms with Gasteiger partial charge in [0.05, 0.1) is 18.1 Å². The number of hydrogen-bond donors (Lipinski definition) is 1. The van der Waals surface area contributed by atoms with E-state index in [1.165, 1.54) is 38.5 Å². The lowest BCUT2D eigenvalue weighted by Crippen LogP contribution is -2.47. The monoisotopic (exact) mass is 466 g/mol. The molecule has 0 spiro atoms. The number of aliphatic carboxylic acids is 1. The van der Waals surface area contributed by atoms with Crippen LogP contribution in [0.5, 0.6) is 0 Å². The number of allylic oxidation sites excluding steroid dienone is 2. The molecular weight excluding hydrogens is 420 g/mol. The molecule has 1 saturated heterocycles. The largest absolute Gasteiger partial charge is 0.481 e. The molecule has 6 heteroatoms. The van der Waals surface area contributed by atoms with Crippen molar-refractivity contribution in [3.63, 3.8) is 0 Å². The summed E-state index contributed by atoms with van der Waals surface area (Å²) in [6, 6.07) is 3.13. The van der Waals surface area contributed by atoms with Gasteiger partial charge >= 0.3 is 5.97 Å². The van der Waals surface area contributed by atoms with E-state index in [0.29, 0.717) is 12.8 Å². The van der Waals surface area contributed by atoms with Gasteiger partial charge in [-0.1, -0.05) is 72.3 Å². The Morgan fingerprint density at radius 3 is 2.31 bits per heavy atom. The van der Waals surface area contributed by atoms with Crippen LogP contribution in [0.15, 0.2) is 12.2 Å². The second-order valence-electron chi connectivity index (χ2n) is 9.76. The molecule has 2 rings (SSSR count). The first-order valence-corrected chi connectivity index (χ1v) is 15.7. The molecule has 0 aromatic carbocycles. The van der Waals surface area contributed by atoms with E-state index in [-0.39, 0.29) is 42.4 Å². The Morgan fingerprint density at radius 2 is 1.69 bits per heavy atom. The van der Waals surface area contributed by atoms with Gasteiger partial charge in [-0.3, -0.25) is 9.59 Å². The Morgan fingerprint density at radius 1 is 1.03 bits per heavy atom. The van der Waals surface area contributed by atoms with Crippen LogP contribution in [-0.2, 0) is 18.8 Å². The summed E-state index contributed by atoms with van der Waals surface area (Å²) in [7, 11) is -1.92. The lowest BCUT2D eigenvalue weighted by molar-refractivity contribution is -0.137. The van der Waals surface area contributed by atoms with Crippen LogP contribution in [0.2, 0.25) is 18.1 Å². The van der Waals surface area contributed by atoms with Crippen LogP contribution in [-0.4, -0.2) is 43.5 Å². The molecule has 32 heavy (non-hydrogen) atoms. The molecule has 1 N–H and O–H groups in total. The predicted octanol–water partition coefficient (Wildman–Crippen LogP) is 6.52. The molecular formula is C26H46O5Si. The lowest BCUT2D eigenvalue weighted by Gasteiger charge is -2.37. The molecule has 0 amide bonds. The molecule has 5 nitrogen and oxygen atoms in total. The van der Waals surface area contributed by atoms with E-state index in [1.54, 1.807) is 6.08 Å². The standard InChI is InChI=1S/C26H46O5Si/c1-5-9-10-11-12-13-16-22-25(30-22)26(31-32(6-2,7-3)8-4)24-20(18-19-21(24)27)15-14-17-23(28)29/h18-20,22,24-26H,5-17H2,1-4H3,(H,28,29)/t20-,22+,24?,25-,26?/m0/s1. The van der Waals surface area contributed by atoms with Crippen LogP contribution in [0.4, 0.5) is 0 Å². The topological polar surface area (TPSA) is 76.1 Å². The molecule has 1 fully saturated rings. The number of unbranched alkanes of at least 4 members (excludes halogenated alkanes) is 5. The van der Waals surface area contributed by atoms with Crippen molar-refractivity contribution < 1.29 is 23.9 Å². The second kappa shape index (κ2) is 13.7. The number of carboxylic acid groups (broad SMARTS) is 1. The molecule has 0 saturated carbocycles. The van der Waals surface area contributed by atoms with E-state index in [9.17, 15) is 9.59 Å². The van der Waals surface area contributed by atoms with Crippen molar-refractivity contribution in [1.82, 2.24) is 0 Å². The van der Waals surface area contributed by atoms with E-state index in [2.05, 4.69) is 27.7 Å². The van der Waals surface area contributed by atoms with Crippen molar-refractivity contribution in [3.05, 3.63) is 12.2 Å². The summed E-state index contributed by atoms with van der Waals surface area (Å²) in [4.78, 5) is 23.9. The minimum Gasteiger partial charge on any atom is -0.481 e. The highest BCUT2D eigenvalue weighted by Gasteiger charge is 2.53. The van der Waals surface area contributed by atoms with Gasteiger partial charge in [0.15, 0.2) is 14.1 Å². The Hall–Kier alpha value is -0.983. The van der Waals surface area contributed by atoms with E-state index in [0.717, 1.165) is 24.6 Å². The fourth-order valence-electron chi connectivity index (χ4n) is 5.27. The molecule has 0 bridgehead atoms. The van der Waals surface area contributed by atoms with Crippen LogP contribution < -0.4 is 0 Å². The summed E-state index contributed by atoms with van der Waals surface area (Å²) >= 11 is 0. The highest BCUT2D eigenvalue weighted by Crippen LogP contribution is 2.43. The second-order valence-corrected chi connectivity index (χ2v) is 14.5. The smallest absolute Gasteiger partial charge is 0.303 e. The number of hydrogen-bond acceptors (Lipinski definition) is 4. The normalized spacial score (nSPS) is 25.9. The number of carbonyl (C=O) groups excluding carboxylic acids is 1. The van der Waals surface area contributed by atoms with E-state index in [1.807, 2.05) is 6.08 Å². The third kappa shape index (κ3) is 7.81. The molecule has 184 valence electrons. The Kier molecular flexibility index (Phi) is 11.6. The van der Waals surface area contributed by atoms with Crippen LogP contribution in [0.3, 0.4) is 0 Å². The van der Waals surface area contributed by atoms with E-state index >= 15 is 0 Å². The molecule has 1 aliphatic heterocycles. The lowest BCUT2D eigenvalue weighted by atomic mass is 9.84. The fourth-order valence-corrected chi connectivity index (χ4v) is 8.13. The number of rotatable bonds is 18. The molecule has 0 radical (unpaired) electrons. The van der Waals surface area contributed by atoms with Crippen LogP contribution in [0, 0.1) is 11.8 Å². The van der Waals surface area contributed by atoms with Gasteiger partial charge in [0.2, 0.25) is 0 Å². The van der Waals surface area contributed by atoms with Crippen molar-refractivity contribution in [2.75, 3.05) is 0 Å². The maximum absolute atomic E-state index is 13.0. The van der Waals surface area contributed by atoms with Gasteiger partial charge in [-0.25, -0.2) is 0 Å². The quantitative estimate of drug-likeness (QED) is 0.141. The highest BCUT2D eigenvalue weighted by molar-refractivity contribution is 6.73. The van der Waals surface area contributed by atoms with Crippen LogP contribution in [0.25, 0.3) is 0 Å². The average molecular weight is 467 g/mol. The summed E-state index contributed by atoms with van der Waals surface area (Å²) < 4.78 is 13.1. The molecule has 0 aromatic rings. The number of carboxylic acids is 1. The molecule has 1 heterocycles. The third-order valence-electron chi connectivity index (χ3n) is 7.69. The molecule has 0 aromatic heterocycles. The van der Waals surface area contributed by atoms with Crippen molar-refractivity contribution in [2.24, 2.45) is 11.8 Å². The summed E-state index contributed by atoms with van der Waals surface area (Å²) in [6.07, 6.45) is 13.8. The predicted molar refractivity (Wildman–Crippen MR) is 131 cm³/mol. The number of ether oxygens (including phenoxy) is 1. The van der Waals surface area contributed by atoms with Crippen molar-refractivity contribution in [2.45, 2.75) is 128 Å². The van der Waals surface area contributed by atoms with Crippen molar-refractivity contribution in [3.8, 4) is 0 Å². The number of ketones is 1. The Bertz CT molecular complexity index is 607. The first kappa shape index (κ1) is 27.3. The molecule has 2 aliphatic rings. The van der Waals surface area contributed by atoms with Crippen LogP contribution in [0.1, 0.15) is 91.9 Å². The van der Waals surface area contributed by atoms with Crippen LogP contribution >= 0.6 is 0 Å². The summed E-state index contributed by atoms with van der Waals surface area (Å²) in [5.41, 5.74) is 0. The zero-order chi connectivity index (χ0) is 23.6. The zero-order valence-corrected chi connectivity index (χ0v) is 21.8. The summed E-state index contributed by atoms with van der Waals surface area (Å²) in [5.74, 6) is -0.806. The Labute approximate surface area is 196 Å². The van der Waals surface area contributed by atoms with Crippen molar-refractivity contribution >= 4 is 20.1 Å². The Balaban J connectivity index is 2.04. The maximum atomic E-state index is 13.0. The van der Waals surface area contributed by atoms with Crippen molar-refractivity contribution in [1.29, 1.82) is 0 Å². The summed E-state index contributed by atoms with van der Waals surface area (Å²) in [6.45, 7) is 8.90. The minimum atomic E-state index is -1.92. The maximum Gasteiger partial charge on any atom is 0.303 e. The van der Waals surface area contributed by atoms with E-state index in [4.69, 9.17) is 14.3 Å². The van der Waals surface area contributed by atoms with Gasteiger partial charge in [0.1, 0.15) is 6.10 Å². The number of carbonyl (C=O) groups is 2. The molecule has 2 unspecified atom stereocenters. The van der Waals surface area contributed by atoms with E-state index < -0.39 is 14.3 Å². The first-order valence-electron chi connectivity index (χ1n) is 13.2. The fraction of sp³-hybridized carbons (Fsp3) is 0.846. The highest BCUT2D eigenvalue weighted by atomic mass is 28.4. The number of epoxide rings is 1.